The summed E-state index contributed by atoms with van der Waals surface area (Å²) in [7, 11) is -4.40. The molecule has 0 N–H and O–H groups in total. The van der Waals surface area contributed by atoms with Gasteiger partial charge < -0.3 is 4.55 Å². The van der Waals surface area contributed by atoms with E-state index >= 15 is 0 Å². The van der Waals surface area contributed by atoms with Gasteiger partial charge in [0.15, 0.2) is 5.78 Å². The molecule has 98 valence electrons. The smallest absolute Gasteiger partial charge is 0.167 e. The summed E-state index contributed by atoms with van der Waals surface area (Å²) in [6.07, 6.45) is 2.29. The molecule has 1 saturated carbocycles. The van der Waals surface area contributed by atoms with Gasteiger partial charge in [0, 0.05) is 11.5 Å². The third kappa shape index (κ3) is 2.79. The van der Waals surface area contributed by atoms with Crippen molar-refractivity contribution in [2.75, 3.05) is 0 Å². The van der Waals surface area contributed by atoms with Gasteiger partial charge in [0.25, 0.3) is 0 Å². The molecule has 2 rings (SSSR count). The average Bonchev–Trinajstić information content (AvgIpc) is 2.38. The molecule has 1 aromatic carbocycles. The first-order valence-electron chi connectivity index (χ1n) is 6.04. The molecule has 0 unspecified atom stereocenters. The molecule has 0 aliphatic heterocycles. The number of ketones is 1. The maximum Gasteiger partial charge on any atom is 0.167 e. The van der Waals surface area contributed by atoms with E-state index in [0.29, 0.717) is 24.8 Å². The Bertz CT molecular complexity index is 521. The quantitative estimate of drug-likeness (QED) is 0.620. The number of hydrogen-bond acceptors (Lipinski definition) is 4. The Morgan fingerprint density at radius 1 is 1.11 bits per heavy atom. The minimum atomic E-state index is -4.40. The minimum Gasteiger partial charge on any atom is -0.748 e. The lowest BCUT2D eigenvalue weighted by molar-refractivity contribution is 0.0889. The Morgan fingerprint density at radius 3 is 2.33 bits per heavy atom. The number of hydrogen-bond donors (Lipinski definition) is 0. The summed E-state index contributed by atoms with van der Waals surface area (Å²) in [6.45, 7) is 0. The lowest BCUT2D eigenvalue weighted by Gasteiger charge is -2.32. The molecule has 0 spiro atoms. The van der Waals surface area contributed by atoms with Crippen LogP contribution in [0.5, 0.6) is 0 Å². The topological polar surface area (TPSA) is 74.3 Å². The van der Waals surface area contributed by atoms with Crippen LogP contribution >= 0.6 is 0 Å². The summed E-state index contributed by atoms with van der Waals surface area (Å²) in [5.41, 5.74) is 0.484. The molecule has 1 aliphatic rings. The van der Waals surface area contributed by atoms with Gasteiger partial charge in [-0.25, -0.2) is 8.42 Å². The van der Waals surface area contributed by atoms with Crippen molar-refractivity contribution in [2.45, 2.75) is 30.9 Å². The molecular weight excluding hydrogens is 252 g/mol. The summed E-state index contributed by atoms with van der Waals surface area (Å²) in [6, 6.07) is 8.57. The standard InChI is InChI=1S/C13H16O4S/c14-13(10-6-2-1-3-7-10)11-8-4-5-9-12(11)18(15,16)17/h1-3,6-7,11-12H,4-5,8-9H2,(H,15,16,17)/p-1/t11-,12+/m0/s1. The largest absolute Gasteiger partial charge is 0.748 e. The van der Waals surface area contributed by atoms with E-state index in [4.69, 9.17) is 0 Å². The first-order chi connectivity index (χ1) is 8.50. The summed E-state index contributed by atoms with van der Waals surface area (Å²) < 4.78 is 33.7. The predicted octanol–water partition coefficient (Wildman–Crippen LogP) is 1.97. The second-order valence-corrected chi connectivity index (χ2v) is 6.24. The van der Waals surface area contributed by atoms with E-state index in [1.54, 1.807) is 30.3 Å². The molecule has 0 aromatic heterocycles. The van der Waals surface area contributed by atoms with Crippen molar-refractivity contribution in [1.29, 1.82) is 0 Å². The molecular formula is C13H15O4S-. The molecule has 2 atom stereocenters. The van der Waals surface area contributed by atoms with Crippen LogP contribution in [0, 0.1) is 5.92 Å². The van der Waals surface area contributed by atoms with Crippen molar-refractivity contribution >= 4 is 15.9 Å². The van der Waals surface area contributed by atoms with E-state index in [-0.39, 0.29) is 5.78 Å². The fraction of sp³-hybridized carbons (Fsp3) is 0.462. The molecule has 0 saturated heterocycles. The molecule has 18 heavy (non-hydrogen) atoms. The van der Waals surface area contributed by atoms with E-state index in [9.17, 15) is 17.8 Å². The zero-order valence-corrected chi connectivity index (χ0v) is 10.7. The van der Waals surface area contributed by atoms with Crippen LogP contribution in [0.4, 0.5) is 0 Å². The fourth-order valence-corrected chi connectivity index (χ4v) is 3.68. The van der Waals surface area contributed by atoms with E-state index in [0.717, 1.165) is 6.42 Å². The normalized spacial score (nSPS) is 24.7. The van der Waals surface area contributed by atoms with Crippen LogP contribution in [0.25, 0.3) is 0 Å². The summed E-state index contributed by atoms with van der Waals surface area (Å²) in [4.78, 5) is 12.3. The van der Waals surface area contributed by atoms with Crippen molar-refractivity contribution < 1.29 is 17.8 Å². The number of Topliss-reactive ketones (excluding diaryl/α,β-unsaturated/α-hetero) is 1. The maximum absolute atomic E-state index is 12.3. The lowest BCUT2D eigenvalue weighted by Crippen LogP contribution is -2.37. The van der Waals surface area contributed by atoms with Crippen LogP contribution in [-0.4, -0.2) is 24.0 Å². The average molecular weight is 267 g/mol. The number of rotatable bonds is 3. The zero-order chi connectivity index (χ0) is 13.2. The second kappa shape index (κ2) is 5.20. The van der Waals surface area contributed by atoms with Gasteiger partial charge >= 0.3 is 0 Å². The van der Waals surface area contributed by atoms with Crippen LogP contribution in [0.3, 0.4) is 0 Å². The van der Waals surface area contributed by atoms with Crippen LogP contribution in [0.1, 0.15) is 36.0 Å². The zero-order valence-electron chi connectivity index (χ0n) is 9.91. The van der Waals surface area contributed by atoms with Gasteiger partial charge in [-0.05, 0) is 12.8 Å². The SMILES string of the molecule is O=C(c1ccccc1)[C@H]1CCCC[C@H]1S(=O)(=O)[O-]. The first kappa shape index (κ1) is 13.2. The molecule has 1 fully saturated rings. The summed E-state index contributed by atoms with van der Waals surface area (Å²) in [5.74, 6) is -0.900. The van der Waals surface area contributed by atoms with Gasteiger partial charge in [-0.1, -0.05) is 43.2 Å². The van der Waals surface area contributed by atoms with Crippen molar-refractivity contribution in [3.63, 3.8) is 0 Å². The highest BCUT2D eigenvalue weighted by Crippen LogP contribution is 2.31. The molecule has 0 bridgehead atoms. The highest BCUT2D eigenvalue weighted by molar-refractivity contribution is 7.86. The van der Waals surface area contributed by atoms with E-state index in [2.05, 4.69) is 0 Å². The van der Waals surface area contributed by atoms with Gasteiger partial charge in [0.1, 0.15) is 0 Å². The van der Waals surface area contributed by atoms with Gasteiger partial charge in [-0.15, -0.1) is 0 Å². The van der Waals surface area contributed by atoms with Crippen LogP contribution in [0.15, 0.2) is 30.3 Å². The molecule has 5 heteroatoms. The first-order valence-corrected chi connectivity index (χ1v) is 7.51. The highest BCUT2D eigenvalue weighted by Gasteiger charge is 2.35. The maximum atomic E-state index is 12.3. The third-order valence-corrected chi connectivity index (χ3v) is 4.77. The highest BCUT2D eigenvalue weighted by atomic mass is 32.2. The van der Waals surface area contributed by atoms with Gasteiger partial charge in [0.05, 0.1) is 15.4 Å². The van der Waals surface area contributed by atoms with E-state index < -0.39 is 21.3 Å². The Labute approximate surface area is 107 Å². The van der Waals surface area contributed by atoms with Crippen molar-refractivity contribution in [3.8, 4) is 0 Å². The monoisotopic (exact) mass is 267 g/mol. The number of benzene rings is 1. The number of carbonyl (C=O) groups excluding carboxylic acids is 1. The fourth-order valence-electron chi connectivity index (χ4n) is 2.56. The molecule has 0 amide bonds. The van der Waals surface area contributed by atoms with E-state index in [1.165, 1.54) is 0 Å². The third-order valence-electron chi connectivity index (χ3n) is 3.47. The lowest BCUT2D eigenvalue weighted by atomic mass is 9.83. The molecule has 0 heterocycles. The molecule has 4 nitrogen and oxygen atoms in total. The van der Waals surface area contributed by atoms with Crippen molar-refractivity contribution in [3.05, 3.63) is 35.9 Å². The van der Waals surface area contributed by atoms with Crippen molar-refractivity contribution in [1.82, 2.24) is 0 Å². The number of carbonyl (C=O) groups is 1. The Hall–Kier alpha value is -1.20. The summed E-state index contributed by atoms with van der Waals surface area (Å²) >= 11 is 0. The summed E-state index contributed by atoms with van der Waals surface area (Å²) in [5, 5.41) is -1.06. The molecule has 1 aliphatic carbocycles. The van der Waals surface area contributed by atoms with Crippen molar-refractivity contribution in [2.24, 2.45) is 5.92 Å². The van der Waals surface area contributed by atoms with Gasteiger partial charge in [-0.2, -0.15) is 0 Å². The van der Waals surface area contributed by atoms with Crippen LogP contribution < -0.4 is 0 Å². The molecule has 0 radical (unpaired) electrons. The van der Waals surface area contributed by atoms with Gasteiger partial charge in [-0.3, -0.25) is 4.79 Å². The Balaban J connectivity index is 2.28. The predicted molar refractivity (Wildman–Crippen MR) is 66.2 cm³/mol. The minimum absolute atomic E-state index is 0.222. The second-order valence-electron chi connectivity index (χ2n) is 4.65. The van der Waals surface area contributed by atoms with E-state index in [1.807, 2.05) is 0 Å². The van der Waals surface area contributed by atoms with Crippen LogP contribution in [-0.2, 0) is 10.1 Å². The van der Waals surface area contributed by atoms with Gasteiger partial charge in [0.2, 0.25) is 0 Å². The Morgan fingerprint density at radius 2 is 1.72 bits per heavy atom. The molecule has 1 aromatic rings. The van der Waals surface area contributed by atoms with Crippen LogP contribution in [0.2, 0.25) is 0 Å². The Kier molecular flexibility index (Phi) is 3.82.